The number of nitrogens with one attached hydrogen (secondary N) is 1. The summed E-state index contributed by atoms with van der Waals surface area (Å²) in [7, 11) is 3.14. The Morgan fingerprint density at radius 1 is 1.17 bits per heavy atom. The summed E-state index contributed by atoms with van der Waals surface area (Å²) in [5.41, 5.74) is 0.972. The predicted octanol–water partition coefficient (Wildman–Crippen LogP) is 3.58. The smallest absolute Gasteiger partial charge is 0.258 e. The number of benzene rings is 2. The molecule has 0 radical (unpaired) electrons. The molecule has 3 rings (SSSR count). The molecule has 1 amide bonds. The van der Waals surface area contributed by atoms with Crippen LogP contribution in [0.5, 0.6) is 11.5 Å². The molecule has 1 aromatic heterocycles. The molecule has 7 nitrogen and oxygen atoms in total. The van der Waals surface area contributed by atoms with E-state index in [1.807, 2.05) is 6.92 Å². The van der Waals surface area contributed by atoms with Crippen LogP contribution in [0.25, 0.3) is 10.9 Å². The third-order valence-corrected chi connectivity index (χ3v) is 4.97. The summed E-state index contributed by atoms with van der Waals surface area (Å²) >= 11 is 6.03. The Morgan fingerprint density at radius 2 is 1.97 bits per heavy atom. The van der Waals surface area contributed by atoms with Crippen molar-refractivity contribution in [1.29, 1.82) is 0 Å². The Balaban J connectivity index is 1.86. The Morgan fingerprint density at radius 3 is 2.67 bits per heavy atom. The average molecular weight is 430 g/mol. The number of aromatic nitrogens is 2. The first-order valence-corrected chi connectivity index (χ1v) is 10.00. The lowest BCUT2D eigenvalue weighted by Gasteiger charge is -2.22. The highest BCUT2D eigenvalue weighted by Crippen LogP contribution is 2.25. The number of halogens is 1. The fourth-order valence-electron chi connectivity index (χ4n) is 3.27. The maximum absolute atomic E-state index is 13.1. The van der Waals surface area contributed by atoms with Crippen molar-refractivity contribution >= 4 is 28.4 Å². The predicted molar refractivity (Wildman–Crippen MR) is 116 cm³/mol. The number of hydrogen-bond acceptors (Lipinski definition) is 5. The number of ether oxygens (including phenoxy) is 2. The number of fused-ring (bicyclic) bond motifs is 1. The quantitative estimate of drug-likeness (QED) is 0.591. The van der Waals surface area contributed by atoms with Gasteiger partial charge < -0.3 is 19.4 Å². The van der Waals surface area contributed by atoms with Crippen LogP contribution in [-0.4, -0.2) is 41.5 Å². The van der Waals surface area contributed by atoms with Gasteiger partial charge in [-0.05, 0) is 42.8 Å². The molecule has 158 valence electrons. The number of methoxy groups -OCH3 is 2. The maximum Gasteiger partial charge on any atom is 0.258 e. The van der Waals surface area contributed by atoms with Crippen molar-refractivity contribution in [1.82, 2.24) is 14.9 Å². The average Bonchev–Trinajstić information content (AvgIpc) is 2.73. The van der Waals surface area contributed by atoms with E-state index in [0.29, 0.717) is 39.8 Å². The van der Waals surface area contributed by atoms with Crippen LogP contribution in [0.15, 0.2) is 41.2 Å². The van der Waals surface area contributed by atoms with Crippen LogP contribution in [0.1, 0.15) is 24.7 Å². The molecule has 8 heteroatoms. The SMILES string of the molecule is CCCN(Cc1nc2cc(Cl)ccc2c(=O)[nH]1)C(=O)Cc1cc(OC)ccc1OC. The summed E-state index contributed by atoms with van der Waals surface area (Å²) < 4.78 is 10.6. The third-order valence-electron chi connectivity index (χ3n) is 4.73. The summed E-state index contributed by atoms with van der Waals surface area (Å²) in [6.07, 6.45) is 0.911. The fraction of sp³-hybridized carbons (Fsp3) is 0.318. The lowest BCUT2D eigenvalue weighted by Crippen LogP contribution is -2.34. The molecule has 0 atom stereocenters. The Labute approximate surface area is 179 Å². The third kappa shape index (κ3) is 4.91. The van der Waals surface area contributed by atoms with Crippen molar-refractivity contribution in [3.63, 3.8) is 0 Å². The second-order valence-electron chi connectivity index (χ2n) is 6.84. The fourth-order valence-corrected chi connectivity index (χ4v) is 3.44. The molecule has 0 fully saturated rings. The van der Waals surface area contributed by atoms with E-state index >= 15 is 0 Å². The largest absolute Gasteiger partial charge is 0.497 e. The second kappa shape index (κ2) is 9.63. The monoisotopic (exact) mass is 429 g/mol. The molecule has 1 heterocycles. The van der Waals surface area contributed by atoms with Crippen LogP contribution >= 0.6 is 11.6 Å². The van der Waals surface area contributed by atoms with Gasteiger partial charge in [0.2, 0.25) is 5.91 Å². The topological polar surface area (TPSA) is 84.5 Å². The minimum Gasteiger partial charge on any atom is -0.497 e. The lowest BCUT2D eigenvalue weighted by molar-refractivity contribution is -0.131. The normalized spacial score (nSPS) is 10.8. The van der Waals surface area contributed by atoms with E-state index in [0.717, 1.165) is 12.0 Å². The van der Waals surface area contributed by atoms with Crippen LogP contribution in [0.3, 0.4) is 0 Å². The molecule has 0 aliphatic carbocycles. The van der Waals surface area contributed by atoms with Gasteiger partial charge in [0, 0.05) is 17.1 Å². The number of nitrogens with zero attached hydrogens (tertiary/aromatic N) is 2. The number of carbonyl (C=O) groups is 1. The zero-order chi connectivity index (χ0) is 21.7. The van der Waals surface area contributed by atoms with Crippen molar-refractivity contribution in [3.05, 3.63) is 63.2 Å². The minimum absolute atomic E-state index is 0.0998. The highest BCUT2D eigenvalue weighted by atomic mass is 35.5. The van der Waals surface area contributed by atoms with E-state index in [9.17, 15) is 9.59 Å². The maximum atomic E-state index is 13.1. The van der Waals surface area contributed by atoms with Gasteiger partial charge in [0.05, 0.1) is 38.1 Å². The first kappa shape index (κ1) is 21.6. The molecule has 0 saturated heterocycles. The highest BCUT2D eigenvalue weighted by Gasteiger charge is 2.18. The van der Waals surface area contributed by atoms with E-state index in [-0.39, 0.29) is 24.4 Å². The molecule has 0 bridgehead atoms. The van der Waals surface area contributed by atoms with E-state index < -0.39 is 0 Å². The van der Waals surface area contributed by atoms with Crippen LogP contribution in [-0.2, 0) is 17.8 Å². The molecule has 30 heavy (non-hydrogen) atoms. The summed E-state index contributed by atoms with van der Waals surface area (Å²) in [6, 6.07) is 10.3. The zero-order valence-electron chi connectivity index (χ0n) is 17.2. The number of hydrogen-bond donors (Lipinski definition) is 1. The number of H-pyrrole nitrogens is 1. The minimum atomic E-state index is -0.259. The van der Waals surface area contributed by atoms with Crippen LogP contribution < -0.4 is 15.0 Å². The van der Waals surface area contributed by atoms with Gasteiger partial charge in [0.25, 0.3) is 5.56 Å². The van der Waals surface area contributed by atoms with Gasteiger partial charge in [-0.3, -0.25) is 9.59 Å². The van der Waals surface area contributed by atoms with E-state index in [1.54, 1.807) is 55.5 Å². The number of aromatic amines is 1. The summed E-state index contributed by atoms with van der Waals surface area (Å²) in [6.45, 7) is 2.71. The summed E-state index contributed by atoms with van der Waals surface area (Å²) in [4.78, 5) is 34.4. The van der Waals surface area contributed by atoms with E-state index in [1.165, 1.54) is 0 Å². The van der Waals surface area contributed by atoms with Gasteiger partial charge in [-0.2, -0.15) is 0 Å². The van der Waals surface area contributed by atoms with Crippen LogP contribution in [0.2, 0.25) is 5.02 Å². The van der Waals surface area contributed by atoms with E-state index in [4.69, 9.17) is 21.1 Å². The first-order valence-electron chi connectivity index (χ1n) is 9.62. The van der Waals surface area contributed by atoms with Crippen molar-refractivity contribution in [2.24, 2.45) is 0 Å². The lowest BCUT2D eigenvalue weighted by atomic mass is 10.1. The van der Waals surface area contributed by atoms with Gasteiger partial charge in [-0.15, -0.1) is 0 Å². The molecule has 0 saturated carbocycles. The Bertz CT molecular complexity index is 1110. The molecule has 0 spiro atoms. The van der Waals surface area contributed by atoms with E-state index in [2.05, 4.69) is 9.97 Å². The highest BCUT2D eigenvalue weighted by molar-refractivity contribution is 6.31. The van der Waals surface area contributed by atoms with Crippen molar-refractivity contribution in [2.75, 3.05) is 20.8 Å². The van der Waals surface area contributed by atoms with Crippen molar-refractivity contribution < 1.29 is 14.3 Å². The standard InChI is InChI=1S/C22H24ClN3O4/c1-4-9-26(21(27)11-14-10-16(29-2)6-8-19(14)30-3)13-20-24-18-12-15(23)5-7-17(18)22(28)25-20/h5-8,10,12H,4,9,11,13H2,1-3H3,(H,24,25,28). The van der Waals surface area contributed by atoms with Crippen molar-refractivity contribution in [3.8, 4) is 11.5 Å². The molecular weight excluding hydrogens is 406 g/mol. The summed E-state index contributed by atoms with van der Waals surface area (Å²) in [5.74, 6) is 1.58. The number of carbonyl (C=O) groups excluding carboxylic acids is 1. The zero-order valence-corrected chi connectivity index (χ0v) is 18.0. The number of amides is 1. The molecule has 0 unspecified atom stereocenters. The Hall–Kier alpha value is -3.06. The first-order chi connectivity index (χ1) is 14.4. The van der Waals surface area contributed by atoms with Crippen LogP contribution in [0, 0.1) is 0 Å². The second-order valence-corrected chi connectivity index (χ2v) is 7.28. The Kier molecular flexibility index (Phi) is 6.95. The molecule has 0 aliphatic heterocycles. The molecular formula is C22H24ClN3O4. The molecule has 3 aromatic rings. The van der Waals surface area contributed by atoms with Gasteiger partial charge in [0.1, 0.15) is 17.3 Å². The van der Waals surface area contributed by atoms with Crippen LogP contribution in [0.4, 0.5) is 0 Å². The van der Waals surface area contributed by atoms with Gasteiger partial charge in [0.15, 0.2) is 0 Å². The number of rotatable bonds is 8. The molecule has 1 N–H and O–H groups in total. The summed E-state index contributed by atoms with van der Waals surface area (Å²) in [5, 5.41) is 0.954. The molecule has 0 aliphatic rings. The van der Waals surface area contributed by atoms with Gasteiger partial charge >= 0.3 is 0 Å². The van der Waals surface area contributed by atoms with Crippen molar-refractivity contribution in [2.45, 2.75) is 26.3 Å². The molecule has 2 aromatic carbocycles. The van der Waals surface area contributed by atoms with Gasteiger partial charge in [-0.1, -0.05) is 18.5 Å². The van der Waals surface area contributed by atoms with Gasteiger partial charge in [-0.25, -0.2) is 4.98 Å².